The number of aliphatic hydroxyl groups excluding tert-OH is 1. The Hall–Kier alpha value is 2.43. The lowest BCUT2D eigenvalue weighted by atomic mass is 10.5. The molecule has 0 saturated carbocycles. The molecule has 0 aromatic heterocycles. The SMILES string of the molecule is CC(C)[Si](C)(C)OS(=O)(=O)C(F)(F)F.CC(C)[Si](C)(C)P[Si](C)(C)C.CCN(CC)CC.CO.C[SiH](C)P([Si](C)(C)C)[Si](C)(C)C.C[Si](C)(C)P. The quantitative estimate of drug-likeness (QED) is 0.120. The van der Waals surface area contributed by atoms with Crippen molar-refractivity contribution < 1.29 is 30.6 Å². The van der Waals surface area contributed by atoms with E-state index >= 15 is 0 Å². The van der Waals surface area contributed by atoms with Gasteiger partial charge in [0.05, 0.1) is 47.2 Å². The second kappa shape index (κ2) is 28.0. The van der Waals surface area contributed by atoms with Gasteiger partial charge in [-0.25, -0.2) is 0 Å². The lowest BCUT2D eigenvalue weighted by Crippen LogP contribution is -2.41. The highest BCUT2D eigenvalue weighted by atomic mass is 32.2. The maximum atomic E-state index is 11.9. The molecule has 1 N–H and O–H groups in total. The zero-order chi connectivity index (χ0) is 43.4. The molecule has 0 spiro atoms. The molecule has 5 nitrogen and oxygen atoms in total. The van der Waals surface area contributed by atoms with Crippen LogP contribution in [0.5, 0.6) is 0 Å². The molecular weight excluding hydrogens is 841 g/mol. The summed E-state index contributed by atoms with van der Waals surface area (Å²) in [7, 11) is -7.32. The molecule has 19 heteroatoms. The van der Waals surface area contributed by atoms with E-state index < -0.39 is 62.7 Å². The highest BCUT2D eigenvalue weighted by molar-refractivity contribution is 8.34. The molecule has 0 saturated heterocycles. The van der Waals surface area contributed by atoms with E-state index in [-0.39, 0.29) is 14.0 Å². The average molecular weight is 933 g/mol. The molecule has 51 heavy (non-hydrogen) atoms. The topological polar surface area (TPSA) is 66.8 Å². The fourth-order valence-corrected chi connectivity index (χ4v) is 103. The van der Waals surface area contributed by atoms with Crippen LogP contribution >= 0.6 is 23.0 Å². The molecule has 0 bridgehead atoms. The minimum absolute atomic E-state index is 0.209. The molecule has 0 aliphatic heterocycles. The van der Waals surface area contributed by atoms with E-state index in [4.69, 9.17) is 5.11 Å². The van der Waals surface area contributed by atoms with E-state index in [0.717, 1.165) is 12.7 Å². The zero-order valence-corrected chi connectivity index (χ0v) is 49.6. The Labute approximate surface area is 331 Å². The number of aliphatic hydroxyl groups is 1. The zero-order valence-electron chi connectivity index (χ0n) is 38.5. The van der Waals surface area contributed by atoms with Crippen molar-refractivity contribution in [1.29, 1.82) is 0 Å². The van der Waals surface area contributed by atoms with Crippen LogP contribution in [0, 0.1) is 0 Å². The number of rotatable bonds is 12. The maximum Gasteiger partial charge on any atom is 0.522 e. The van der Waals surface area contributed by atoms with Crippen molar-refractivity contribution in [3.05, 3.63) is 0 Å². The lowest BCUT2D eigenvalue weighted by Gasteiger charge is -2.42. The number of hydrogen-bond donors (Lipinski definition) is 1. The van der Waals surface area contributed by atoms with Crippen LogP contribution < -0.4 is 0 Å². The Morgan fingerprint density at radius 1 is 0.725 bits per heavy atom. The monoisotopic (exact) mass is 931 g/mol. The van der Waals surface area contributed by atoms with Crippen LogP contribution in [0.15, 0.2) is 0 Å². The molecule has 0 aromatic rings. The van der Waals surface area contributed by atoms with E-state index in [1.54, 1.807) is 13.8 Å². The number of alkyl halides is 3. The van der Waals surface area contributed by atoms with Gasteiger partial charge < -0.3 is 13.9 Å². The minimum atomic E-state index is -5.44. The van der Waals surface area contributed by atoms with Gasteiger partial charge in [0.2, 0.25) is 8.32 Å². The van der Waals surface area contributed by atoms with Crippen LogP contribution in [0.2, 0.25) is 129 Å². The van der Waals surface area contributed by atoms with Crippen molar-refractivity contribution in [2.45, 2.75) is 183 Å². The second-order valence-electron chi connectivity index (χ2n) is 18.8. The first-order chi connectivity index (χ1) is 22.0. The molecule has 0 rings (SSSR count). The molecule has 318 valence electrons. The molecular formula is C32H91F3NO4P3SSi7. The van der Waals surface area contributed by atoms with Crippen molar-refractivity contribution in [3.8, 4) is 0 Å². The smallest absolute Gasteiger partial charge is 0.400 e. The molecule has 0 amide bonds. The molecule has 2 atom stereocenters. The van der Waals surface area contributed by atoms with Gasteiger partial charge in [-0.3, -0.25) is 0 Å². The van der Waals surface area contributed by atoms with E-state index in [9.17, 15) is 21.6 Å². The standard InChI is InChI=1S/C8H25PSi3.C8H23PSi2.C6H13F3O3SSi.C6H15N.C3H11PSi.CH4O/c1-10(2)9(11(3,4)5)12(6,7)8;1-8(2)11(6,7)9-10(3,4)5;1-5(2)14(3,4)12-13(10,11)6(7,8)9;1-4-7(5-2)6-3;1-5(2,3)4;1-2/h10H,1-8H3;8-9H,1-7H3;5H,1-4H3;4-6H2,1-3H3;4H2,1-3H3;2H,1H3. The van der Waals surface area contributed by atoms with Crippen LogP contribution in [0.25, 0.3) is 0 Å². The summed E-state index contributed by atoms with van der Waals surface area (Å²) < 4.78 is 61.4. The van der Waals surface area contributed by atoms with Gasteiger partial charge in [0, 0.05) is 7.11 Å². The van der Waals surface area contributed by atoms with Crippen LogP contribution in [-0.4, -0.2) is 106 Å². The molecule has 0 aliphatic carbocycles. The van der Waals surface area contributed by atoms with Crippen LogP contribution in [0.4, 0.5) is 13.2 Å². The van der Waals surface area contributed by atoms with Gasteiger partial charge in [-0.2, -0.15) is 21.6 Å². The lowest BCUT2D eigenvalue weighted by molar-refractivity contribution is -0.0504. The van der Waals surface area contributed by atoms with Crippen molar-refractivity contribution >= 4 is 88.6 Å². The summed E-state index contributed by atoms with van der Waals surface area (Å²) in [6.07, 6.45) is 0. The van der Waals surface area contributed by atoms with Crippen LogP contribution in [0.3, 0.4) is 0 Å². The first kappa shape index (κ1) is 65.3. The molecule has 0 aromatic carbocycles. The second-order valence-corrected chi connectivity index (χ2v) is 87.5. The number of nitrogens with zero attached hydrogens (tertiary/aromatic N) is 1. The van der Waals surface area contributed by atoms with E-state index in [1.165, 1.54) is 40.4 Å². The summed E-state index contributed by atoms with van der Waals surface area (Å²) in [4.78, 5) is 2.38. The maximum absolute atomic E-state index is 11.9. The van der Waals surface area contributed by atoms with E-state index in [2.05, 4.69) is 157 Å². The van der Waals surface area contributed by atoms with Crippen LogP contribution in [-0.2, 0) is 14.0 Å². The number of halogens is 3. The highest BCUT2D eigenvalue weighted by Gasteiger charge is 2.51. The van der Waals surface area contributed by atoms with Crippen molar-refractivity contribution in [2.75, 3.05) is 26.7 Å². The molecule has 0 fully saturated rings. The summed E-state index contributed by atoms with van der Waals surface area (Å²) in [6, 6.07) is 0. The molecule has 0 heterocycles. The third kappa shape index (κ3) is 40.4. The van der Waals surface area contributed by atoms with Gasteiger partial charge in [0.1, 0.15) is 0 Å². The Bertz CT molecular complexity index is 940. The normalized spacial score (nSPS) is 13.5. The Morgan fingerprint density at radius 3 is 1.08 bits per heavy atom. The summed E-state index contributed by atoms with van der Waals surface area (Å²) >= 11 is 0. The predicted octanol–water partition coefficient (Wildman–Crippen LogP) is 13.4. The summed E-state index contributed by atoms with van der Waals surface area (Å²) in [5.74, 6) is 0. The van der Waals surface area contributed by atoms with Gasteiger partial charge in [-0.15, -0.1) is 23.0 Å². The van der Waals surface area contributed by atoms with E-state index in [0.29, 0.717) is 6.57 Å². The van der Waals surface area contributed by atoms with E-state index in [1.807, 2.05) is 0 Å². The average Bonchev–Trinajstić information content (AvgIpc) is 2.81. The highest BCUT2D eigenvalue weighted by Crippen LogP contribution is 2.56. The predicted molar refractivity (Wildman–Crippen MR) is 260 cm³/mol. The third-order valence-electron chi connectivity index (χ3n) is 7.44. The first-order valence-electron chi connectivity index (χ1n) is 18.5. The molecule has 2 unspecified atom stereocenters. The van der Waals surface area contributed by atoms with Gasteiger partial charge in [0.15, 0.2) is 0 Å². The Morgan fingerprint density at radius 2 is 1.00 bits per heavy atom. The Kier molecular flexibility index (Phi) is 35.8. The fraction of sp³-hybridized carbons (Fsp3) is 1.00. The summed E-state index contributed by atoms with van der Waals surface area (Å²) in [6.45, 7) is 61.7. The Balaban J connectivity index is -0.000000127. The first-order valence-corrected chi connectivity index (χ1v) is 51.8. The van der Waals surface area contributed by atoms with Gasteiger partial charge in [-0.05, 0) is 43.8 Å². The third-order valence-corrected chi connectivity index (χ3v) is 87.1. The van der Waals surface area contributed by atoms with Gasteiger partial charge in [0.25, 0.3) is 0 Å². The summed E-state index contributed by atoms with van der Waals surface area (Å²) in [5, 5.41) is 7.00. The van der Waals surface area contributed by atoms with Crippen molar-refractivity contribution in [1.82, 2.24) is 4.90 Å². The largest absolute Gasteiger partial charge is 0.522 e. The molecule has 0 radical (unpaired) electrons. The van der Waals surface area contributed by atoms with Gasteiger partial charge in [-0.1, -0.05) is 153 Å². The minimum Gasteiger partial charge on any atom is -0.400 e. The van der Waals surface area contributed by atoms with Crippen molar-refractivity contribution in [3.63, 3.8) is 0 Å². The fourth-order valence-electron chi connectivity index (χ4n) is 4.76. The summed E-state index contributed by atoms with van der Waals surface area (Å²) in [5.41, 5.74) is -4.57. The molecule has 0 aliphatic rings. The van der Waals surface area contributed by atoms with Crippen LogP contribution in [0.1, 0.15) is 48.5 Å². The number of hydrogen-bond acceptors (Lipinski definition) is 5. The van der Waals surface area contributed by atoms with Gasteiger partial charge >= 0.3 is 15.6 Å². The van der Waals surface area contributed by atoms with Crippen molar-refractivity contribution in [2.24, 2.45) is 0 Å².